The molecule has 1 atom stereocenters. The Labute approximate surface area is 143 Å². The Balaban J connectivity index is 1.63. The third kappa shape index (κ3) is 3.62. The molecule has 122 valence electrons. The summed E-state index contributed by atoms with van der Waals surface area (Å²) in [4.78, 5) is 4.90. The number of methoxy groups -OCH3 is 1. The Morgan fingerprint density at radius 1 is 0.957 bits per heavy atom. The first-order valence-electron chi connectivity index (χ1n) is 8.06. The highest BCUT2D eigenvalue weighted by atomic mass is 35.5. The van der Waals surface area contributed by atoms with Gasteiger partial charge in [-0.05, 0) is 36.8 Å². The SMILES string of the molecule is COc1ccc(C(C)N2CCN(c3ccccc3Cl)CC2)cc1. The van der Waals surface area contributed by atoms with Crippen molar-refractivity contribution >= 4 is 17.3 Å². The minimum absolute atomic E-state index is 0.411. The number of nitrogens with zero attached hydrogens (tertiary/aromatic N) is 2. The lowest BCUT2D eigenvalue weighted by atomic mass is 10.1. The second kappa shape index (κ2) is 7.24. The van der Waals surface area contributed by atoms with E-state index in [1.165, 1.54) is 5.56 Å². The summed E-state index contributed by atoms with van der Waals surface area (Å²) in [7, 11) is 1.70. The Kier molecular flexibility index (Phi) is 5.09. The van der Waals surface area contributed by atoms with Gasteiger partial charge >= 0.3 is 0 Å². The second-order valence-electron chi connectivity index (χ2n) is 5.92. The molecule has 1 saturated heterocycles. The van der Waals surface area contributed by atoms with E-state index >= 15 is 0 Å². The molecule has 1 aliphatic heterocycles. The number of hydrogen-bond acceptors (Lipinski definition) is 3. The number of benzene rings is 2. The summed E-state index contributed by atoms with van der Waals surface area (Å²) < 4.78 is 5.24. The van der Waals surface area contributed by atoms with Gasteiger partial charge < -0.3 is 9.64 Å². The summed E-state index contributed by atoms with van der Waals surface area (Å²) in [6.07, 6.45) is 0. The van der Waals surface area contributed by atoms with Gasteiger partial charge in [0, 0.05) is 32.2 Å². The number of halogens is 1. The van der Waals surface area contributed by atoms with E-state index in [1.807, 2.05) is 30.3 Å². The van der Waals surface area contributed by atoms with Crippen LogP contribution in [-0.4, -0.2) is 38.2 Å². The van der Waals surface area contributed by atoms with E-state index in [4.69, 9.17) is 16.3 Å². The predicted octanol–water partition coefficient (Wildman–Crippen LogP) is 4.23. The maximum atomic E-state index is 6.31. The molecular weight excluding hydrogens is 308 g/mol. The van der Waals surface area contributed by atoms with Crippen molar-refractivity contribution in [3.8, 4) is 5.75 Å². The second-order valence-corrected chi connectivity index (χ2v) is 6.33. The van der Waals surface area contributed by atoms with Gasteiger partial charge in [-0.2, -0.15) is 0 Å². The van der Waals surface area contributed by atoms with Gasteiger partial charge in [-0.15, -0.1) is 0 Å². The smallest absolute Gasteiger partial charge is 0.118 e. The van der Waals surface area contributed by atoms with E-state index < -0.39 is 0 Å². The zero-order chi connectivity index (χ0) is 16.2. The number of rotatable bonds is 4. The van der Waals surface area contributed by atoms with Crippen molar-refractivity contribution in [2.24, 2.45) is 0 Å². The molecule has 1 aliphatic rings. The Morgan fingerprint density at radius 2 is 1.61 bits per heavy atom. The predicted molar refractivity (Wildman–Crippen MR) is 96.6 cm³/mol. The summed E-state index contributed by atoms with van der Waals surface area (Å²) in [5, 5.41) is 0.837. The molecule has 3 nitrogen and oxygen atoms in total. The number of anilines is 1. The van der Waals surface area contributed by atoms with Crippen LogP contribution in [0.1, 0.15) is 18.5 Å². The molecule has 0 N–H and O–H groups in total. The average Bonchev–Trinajstić information content (AvgIpc) is 2.62. The van der Waals surface area contributed by atoms with Gasteiger partial charge in [0.25, 0.3) is 0 Å². The normalized spacial score (nSPS) is 17.1. The number of piperazine rings is 1. The molecule has 2 aromatic carbocycles. The van der Waals surface area contributed by atoms with E-state index in [9.17, 15) is 0 Å². The molecular formula is C19H23ClN2O. The molecule has 2 aromatic rings. The van der Waals surface area contributed by atoms with E-state index in [-0.39, 0.29) is 0 Å². The topological polar surface area (TPSA) is 15.7 Å². The Morgan fingerprint density at radius 3 is 2.22 bits per heavy atom. The van der Waals surface area contributed by atoms with Crippen molar-refractivity contribution in [1.82, 2.24) is 4.90 Å². The third-order valence-electron chi connectivity index (χ3n) is 4.65. The van der Waals surface area contributed by atoms with Crippen molar-refractivity contribution < 1.29 is 4.74 Å². The molecule has 0 bridgehead atoms. The molecule has 1 fully saturated rings. The van der Waals surface area contributed by atoms with Crippen LogP contribution in [0.25, 0.3) is 0 Å². The van der Waals surface area contributed by atoms with Crippen molar-refractivity contribution in [2.45, 2.75) is 13.0 Å². The van der Waals surface area contributed by atoms with Crippen LogP contribution in [-0.2, 0) is 0 Å². The van der Waals surface area contributed by atoms with Gasteiger partial charge in [-0.25, -0.2) is 0 Å². The molecule has 3 rings (SSSR count). The van der Waals surface area contributed by atoms with E-state index in [0.29, 0.717) is 6.04 Å². The van der Waals surface area contributed by atoms with E-state index in [0.717, 1.165) is 42.6 Å². The van der Waals surface area contributed by atoms with Crippen LogP contribution in [0, 0.1) is 0 Å². The van der Waals surface area contributed by atoms with Crippen LogP contribution in [0.2, 0.25) is 5.02 Å². The number of para-hydroxylation sites is 1. The first-order chi connectivity index (χ1) is 11.2. The zero-order valence-electron chi connectivity index (χ0n) is 13.7. The Bertz CT molecular complexity index is 636. The van der Waals surface area contributed by atoms with Crippen LogP contribution in [0.15, 0.2) is 48.5 Å². The third-order valence-corrected chi connectivity index (χ3v) is 4.97. The van der Waals surface area contributed by atoms with Crippen molar-refractivity contribution in [1.29, 1.82) is 0 Å². The van der Waals surface area contributed by atoms with Crippen molar-refractivity contribution in [2.75, 3.05) is 38.2 Å². The van der Waals surface area contributed by atoms with Gasteiger partial charge in [-0.3, -0.25) is 4.90 Å². The minimum atomic E-state index is 0.411. The fraction of sp³-hybridized carbons (Fsp3) is 0.368. The molecule has 0 aromatic heterocycles. The monoisotopic (exact) mass is 330 g/mol. The van der Waals surface area contributed by atoms with Crippen LogP contribution >= 0.6 is 11.6 Å². The summed E-state index contributed by atoms with van der Waals surface area (Å²) in [5.74, 6) is 0.907. The highest BCUT2D eigenvalue weighted by Crippen LogP contribution is 2.28. The molecule has 0 radical (unpaired) electrons. The number of ether oxygens (including phenoxy) is 1. The van der Waals surface area contributed by atoms with Gasteiger partial charge in [0.2, 0.25) is 0 Å². The summed E-state index contributed by atoms with van der Waals surface area (Å²) in [5.41, 5.74) is 2.47. The summed E-state index contributed by atoms with van der Waals surface area (Å²) in [6.45, 7) is 6.36. The maximum Gasteiger partial charge on any atom is 0.118 e. The lowest BCUT2D eigenvalue weighted by molar-refractivity contribution is 0.198. The molecule has 23 heavy (non-hydrogen) atoms. The highest BCUT2D eigenvalue weighted by molar-refractivity contribution is 6.33. The summed E-state index contributed by atoms with van der Waals surface area (Å²) >= 11 is 6.31. The standard InChI is InChI=1S/C19H23ClN2O/c1-15(16-7-9-17(23-2)10-8-16)21-11-13-22(14-12-21)19-6-4-3-5-18(19)20/h3-10,15H,11-14H2,1-2H3. The Hall–Kier alpha value is -1.71. The first kappa shape index (κ1) is 16.2. The fourth-order valence-electron chi connectivity index (χ4n) is 3.15. The fourth-order valence-corrected chi connectivity index (χ4v) is 3.41. The lowest BCUT2D eigenvalue weighted by Gasteiger charge is -2.39. The average molecular weight is 331 g/mol. The maximum absolute atomic E-state index is 6.31. The van der Waals surface area contributed by atoms with Gasteiger partial charge in [0.15, 0.2) is 0 Å². The molecule has 0 amide bonds. The largest absolute Gasteiger partial charge is 0.497 e. The number of hydrogen-bond donors (Lipinski definition) is 0. The zero-order valence-corrected chi connectivity index (χ0v) is 14.5. The van der Waals surface area contributed by atoms with E-state index in [2.05, 4.69) is 34.9 Å². The molecule has 1 unspecified atom stereocenters. The van der Waals surface area contributed by atoms with Crippen LogP contribution in [0.3, 0.4) is 0 Å². The molecule has 0 aliphatic carbocycles. The van der Waals surface area contributed by atoms with E-state index in [1.54, 1.807) is 7.11 Å². The van der Waals surface area contributed by atoms with Crippen molar-refractivity contribution in [3.05, 3.63) is 59.1 Å². The van der Waals surface area contributed by atoms with Gasteiger partial charge in [0.1, 0.15) is 5.75 Å². The lowest BCUT2D eigenvalue weighted by Crippen LogP contribution is -2.47. The highest BCUT2D eigenvalue weighted by Gasteiger charge is 2.23. The summed E-state index contributed by atoms with van der Waals surface area (Å²) in [6, 6.07) is 16.9. The van der Waals surface area contributed by atoms with Crippen LogP contribution < -0.4 is 9.64 Å². The van der Waals surface area contributed by atoms with Crippen LogP contribution in [0.5, 0.6) is 5.75 Å². The quantitative estimate of drug-likeness (QED) is 0.834. The molecule has 4 heteroatoms. The first-order valence-corrected chi connectivity index (χ1v) is 8.44. The minimum Gasteiger partial charge on any atom is -0.497 e. The van der Waals surface area contributed by atoms with Gasteiger partial charge in [0.05, 0.1) is 17.8 Å². The molecule has 0 saturated carbocycles. The van der Waals surface area contributed by atoms with Crippen LogP contribution in [0.4, 0.5) is 5.69 Å². The molecule has 1 heterocycles. The van der Waals surface area contributed by atoms with Gasteiger partial charge in [-0.1, -0.05) is 35.9 Å². The van der Waals surface area contributed by atoms with Crippen molar-refractivity contribution in [3.63, 3.8) is 0 Å². The molecule has 0 spiro atoms.